The maximum Gasteiger partial charge on any atom is 0.270 e. The van der Waals surface area contributed by atoms with E-state index in [1.54, 1.807) is 12.1 Å². The minimum absolute atomic E-state index is 0.0347. The average molecular weight is 347 g/mol. The third-order valence-electron chi connectivity index (χ3n) is 3.99. The van der Waals surface area contributed by atoms with Crippen molar-refractivity contribution in [2.24, 2.45) is 0 Å². The lowest BCUT2D eigenvalue weighted by atomic mass is 10.0. The number of hydrogen-bond donors (Lipinski definition) is 2. The summed E-state index contributed by atoms with van der Waals surface area (Å²) in [6, 6.07) is 19.7. The van der Waals surface area contributed by atoms with Gasteiger partial charge in [0.05, 0.1) is 17.0 Å². The molecule has 0 bridgehead atoms. The first kappa shape index (κ1) is 17.2. The molecule has 130 valence electrons. The summed E-state index contributed by atoms with van der Waals surface area (Å²) in [5, 5.41) is 12.9. The molecule has 1 amide bonds. The molecule has 26 heavy (non-hydrogen) atoms. The Morgan fingerprint density at radius 2 is 1.73 bits per heavy atom. The van der Waals surface area contributed by atoms with E-state index in [0.717, 1.165) is 16.3 Å². The van der Waals surface area contributed by atoms with Crippen LogP contribution in [0.3, 0.4) is 0 Å². The Hall–Kier alpha value is -3.67. The largest absolute Gasteiger partial charge is 0.299 e. The van der Waals surface area contributed by atoms with Crippen LogP contribution in [0.4, 0.5) is 5.69 Å². The summed E-state index contributed by atoms with van der Waals surface area (Å²) in [4.78, 5) is 22.6. The van der Waals surface area contributed by atoms with Gasteiger partial charge in [-0.3, -0.25) is 25.8 Å². The zero-order chi connectivity index (χ0) is 18.5. The highest BCUT2D eigenvalue weighted by Gasteiger charge is 2.10. The molecule has 0 saturated heterocycles. The summed E-state index contributed by atoms with van der Waals surface area (Å²) < 4.78 is 0. The van der Waals surface area contributed by atoms with E-state index in [0.29, 0.717) is 11.3 Å². The van der Waals surface area contributed by atoms with Crippen molar-refractivity contribution < 1.29 is 9.72 Å². The highest BCUT2D eigenvalue weighted by atomic mass is 16.6. The molecule has 0 heterocycles. The number of nitrogens with zero attached hydrogens (tertiary/aromatic N) is 1. The van der Waals surface area contributed by atoms with Crippen LogP contribution in [0.5, 0.6) is 0 Å². The Morgan fingerprint density at radius 3 is 2.54 bits per heavy atom. The zero-order valence-corrected chi connectivity index (χ0v) is 13.9. The van der Waals surface area contributed by atoms with Gasteiger partial charge in [-0.1, -0.05) is 61.2 Å². The Kier molecular flexibility index (Phi) is 4.94. The van der Waals surface area contributed by atoms with Gasteiger partial charge in [0.2, 0.25) is 5.91 Å². The fourth-order valence-electron chi connectivity index (χ4n) is 2.69. The zero-order valence-electron chi connectivity index (χ0n) is 13.9. The second-order valence-corrected chi connectivity index (χ2v) is 5.77. The van der Waals surface area contributed by atoms with E-state index in [1.165, 1.54) is 12.1 Å². The number of hydrazine groups is 1. The average Bonchev–Trinajstić information content (AvgIpc) is 2.66. The minimum Gasteiger partial charge on any atom is -0.299 e. The quantitative estimate of drug-likeness (QED) is 0.527. The second-order valence-electron chi connectivity index (χ2n) is 5.77. The molecule has 0 aliphatic carbocycles. The van der Waals surface area contributed by atoms with Gasteiger partial charge in [0.25, 0.3) is 5.69 Å². The molecule has 2 N–H and O–H groups in total. The number of rotatable bonds is 6. The van der Waals surface area contributed by atoms with E-state index in [2.05, 4.69) is 17.4 Å². The topological polar surface area (TPSA) is 84.3 Å². The number of fused-ring (bicyclic) bond motifs is 1. The Labute approximate surface area is 150 Å². The normalized spacial score (nSPS) is 10.3. The summed E-state index contributed by atoms with van der Waals surface area (Å²) in [7, 11) is 0. The first-order valence-corrected chi connectivity index (χ1v) is 8.00. The Balaban J connectivity index is 1.64. The van der Waals surface area contributed by atoms with Gasteiger partial charge in [0, 0.05) is 17.7 Å². The maximum absolute atomic E-state index is 12.2. The monoisotopic (exact) mass is 347 g/mol. The Morgan fingerprint density at radius 1 is 1.00 bits per heavy atom. The number of carbonyl (C=O) groups excluding carboxylic acids is 1. The van der Waals surface area contributed by atoms with Crippen LogP contribution < -0.4 is 10.9 Å². The molecule has 0 aliphatic heterocycles. The number of hydrogen-bond acceptors (Lipinski definition) is 4. The number of non-ortho nitro benzene ring substituents is 1. The van der Waals surface area contributed by atoms with Gasteiger partial charge in [-0.05, 0) is 16.3 Å². The predicted molar refractivity (Wildman–Crippen MR) is 101 cm³/mol. The fraction of sp³-hybridized carbons (Fsp3) is 0.0500. The molecule has 0 spiro atoms. The van der Waals surface area contributed by atoms with Gasteiger partial charge in [0.1, 0.15) is 0 Å². The molecule has 3 aromatic carbocycles. The van der Waals surface area contributed by atoms with Crippen LogP contribution >= 0.6 is 0 Å². The molecule has 0 atom stereocenters. The SMILES string of the molecule is C=C(NNC(=O)Cc1cccc2ccccc12)c1cccc([N+](=O)[O-])c1. The van der Waals surface area contributed by atoms with Gasteiger partial charge in [0.15, 0.2) is 0 Å². The number of nitrogens with one attached hydrogen (secondary N) is 2. The van der Waals surface area contributed by atoms with Crippen molar-refractivity contribution >= 4 is 28.1 Å². The molecule has 0 saturated carbocycles. The Bertz CT molecular complexity index is 993. The van der Waals surface area contributed by atoms with Gasteiger partial charge in [-0.2, -0.15) is 0 Å². The van der Waals surface area contributed by atoms with Gasteiger partial charge in [-0.25, -0.2) is 0 Å². The molecule has 0 aliphatic rings. The van der Waals surface area contributed by atoms with E-state index in [9.17, 15) is 14.9 Å². The van der Waals surface area contributed by atoms with Crippen molar-refractivity contribution in [3.8, 4) is 0 Å². The van der Waals surface area contributed by atoms with E-state index >= 15 is 0 Å². The lowest BCUT2D eigenvalue weighted by molar-refractivity contribution is -0.384. The molecule has 0 aromatic heterocycles. The molecular formula is C20H17N3O3. The van der Waals surface area contributed by atoms with Crippen molar-refractivity contribution in [3.05, 3.63) is 94.6 Å². The van der Waals surface area contributed by atoms with Crippen LogP contribution in [0.1, 0.15) is 11.1 Å². The van der Waals surface area contributed by atoms with Crippen LogP contribution in [-0.2, 0) is 11.2 Å². The van der Waals surface area contributed by atoms with Gasteiger partial charge >= 0.3 is 0 Å². The highest BCUT2D eigenvalue weighted by molar-refractivity contribution is 5.90. The molecular weight excluding hydrogens is 330 g/mol. The van der Waals surface area contributed by atoms with Gasteiger partial charge in [-0.15, -0.1) is 0 Å². The number of nitro groups is 1. The predicted octanol–water partition coefficient (Wildman–Crippen LogP) is 3.58. The number of carbonyl (C=O) groups is 1. The lowest BCUT2D eigenvalue weighted by Crippen LogP contribution is -2.36. The highest BCUT2D eigenvalue weighted by Crippen LogP contribution is 2.19. The summed E-state index contributed by atoms with van der Waals surface area (Å²) in [5.41, 5.74) is 7.09. The molecule has 3 rings (SSSR count). The van der Waals surface area contributed by atoms with Crippen molar-refractivity contribution in [2.75, 3.05) is 0 Å². The summed E-state index contributed by atoms with van der Waals surface area (Å²) in [6.45, 7) is 3.81. The van der Waals surface area contributed by atoms with Gasteiger partial charge < -0.3 is 0 Å². The molecule has 0 fully saturated rings. The minimum atomic E-state index is -0.476. The summed E-state index contributed by atoms with van der Waals surface area (Å²) in [5.74, 6) is -0.229. The third kappa shape index (κ3) is 3.87. The number of amides is 1. The molecule has 0 radical (unpaired) electrons. The van der Waals surface area contributed by atoms with Crippen molar-refractivity contribution in [2.45, 2.75) is 6.42 Å². The lowest BCUT2D eigenvalue weighted by Gasteiger charge is -2.12. The standard InChI is InChI=1S/C20H17N3O3/c1-14(16-8-5-10-18(12-16)23(25)26)21-22-20(24)13-17-9-4-7-15-6-2-3-11-19(15)17/h2-12,21H,1,13H2,(H,22,24). The van der Waals surface area contributed by atoms with Crippen LogP contribution in [-0.4, -0.2) is 10.8 Å². The molecule has 6 nitrogen and oxygen atoms in total. The van der Waals surface area contributed by atoms with E-state index in [4.69, 9.17) is 0 Å². The smallest absolute Gasteiger partial charge is 0.270 e. The second kappa shape index (κ2) is 7.48. The van der Waals surface area contributed by atoms with Crippen molar-refractivity contribution in [3.63, 3.8) is 0 Å². The van der Waals surface area contributed by atoms with E-state index in [-0.39, 0.29) is 18.0 Å². The van der Waals surface area contributed by atoms with E-state index < -0.39 is 4.92 Å². The van der Waals surface area contributed by atoms with Crippen LogP contribution in [0.15, 0.2) is 73.3 Å². The summed E-state index contributed by atoms with van der Waals surface area (Å²) in [6.07, 6.45) is 0.205. The van der Waals surface area contributed by atoms with Crippen LogP contribution in [0.2, 0.25) is 0 Å². The van der Waals surface area contributed by atoms with Crippen molar-refractivity contribution in [1.82, 2.24) is 10.9 Å². The van der Waals surface area contributed by atoms with Crippen molar-refractivity contribution in [1.29, 1.82) is 0 Å². The van der Waals surface area contributed by atoms with Crippen LogP contribution in [0, 0.1) is 10.1 Å². The maximum atomic E-state index is 12.2. The summed E-state index contributed by atoms with van der Waals surface area (Å²) >= 11 is 0. The number of benzene rings is 3. The fourth-order valence-corrected chi connectivity index (χ4v) is 2.69. The van der Waals surface area contributed by atoms with E-state index in [1.807, 2.05) is 42.5 Å². The number of nitro benzene ring substituents is 1. The molecule has 6 heteroatoms. The first-order chi connectivity index (χ1) is 12.5. The first-order valence-electron chi connectivity index (χ1n) is 8.00. The van der Waals surface area contributed by atoms with Crippen LogP contribution in [0.25, 0.3) is 16.5 Å². The molecule has 0 unspecified atom stereocenters. The third-order valence-corrected chi connectivity index (χ3v) is 3.99. The molecule has 3 aromatic rings.